The summed E-state index contributed by atoms with van der Waals surface area (Å²) in [7, 11) is 0. The molecule has 0 aromatic heterocycles. The van der Waals surface area contributed by atoms with E-state index in [1.54, 1.807) is 70.2 Å². The van der Waals surface area contributed by atoms with E-state index in [9.17, 15) is 24.3 Å². The van der Waals surface area contributed by atoms with Crippen LogP contribution in [-0.4, -0.2) is 62.7 Å². The van der Waals surface area contributed by atoms with Gasteiger partial charge in [0, 0.05) is 17.9 Å². The summed E-state index contributed by atoms with van der Waals surface area (Å²) in [6.45, 7) is 6.99. The molecule has 3 amide bonds. The number of amides is 3. The van der Waals surface area contributed by atoms with Crippen LogP contribution < -0.4 is 10.6 Å². The topological polar surface area (TPSA) is 125 Å². The summed E-state index contributed by atoms with van der Waals surface area (Å²) in [5.74, 6) is -1.95. The van der Waals surface area contributed by atoms with Crippen molar-refractivity contribution in [2.45, 2.75) is 57.2 Å². The number of benzene rings is 2. The van der Waals surface area contributed by atoms with Crippen LogP contribution in [0.5, 0.6) is 0 Å². The number of thioether (sulfide) groups is 1. The average molecular weight is 583 g/mol. The third kappa shape index (κ3) is 7.55. The summed E-state index contributed by atoms with van der Waals surface area (Å²) < 4.78 is 5.43. The molecule has 1 heterocycles. The van der Waals surface area contributed by atoms with Crippen molar-refractivity contribution in [3.05, 3.63) is 63.6 Å². The summed E-state index contributed by atoms with van der Waals surface area (Å²) in [5, 5.41) is 15.1. The highest BCUT2D eigenvalue weighted by atomic mass is 35.5. The monoisotopic (exact) mass is 581 g/mol. The van der Waals surface area contributed by atoms with Crippen molar-refractivity contribution >= 4 is 64.5 Å². The molecule has 0 aliphatic carbocycles. The number of halogens is 2. The van der Waals surface area contributed by atoms with Crippen molar-refractivity contribution < 1.29 is 29.0 Å². The Morgan fingerprint density at radius 2 is 1.71 bits per heavy atom. The zero-order chi connectivity index (χ0) is 28.2. The van der Waals surface area contributed by atoms with Crippen LogP contribution in [0.4, 0.5) is 10.5 Å². The molecule has 0 spiro atoms. The second-order valence-corrected chi connectivity index (χ2v) is 11.9. The van der Waals surface area contributed by atoms with Gasteiger partial charge >= 0.3 is 12.1 Å². The number of nitrogens with one attached hydrogen (secondary N) is 2. The number of hydrogen-bond acceptors (Lipinski definition) is 6. The maximum Gasteiger partial charge on any atom is 0.411 e. The summed E-state index contributed by atoms with van der Waals surface area (Å²) in [6.07, 6.45) is -0.634. The van der Waals surface area contributed by atoms with E-state index in [1.807, 2.05) is 0 Å². The lowest BCUT2D eigenvalue weighted by atomic mass is 10.0. The van der Waals surface area contributed by atoms with Gasteiger partial charge in [-0.1, -0.05) is 41.4 Å². The van der Waals surface area contributed by atoms with E-state index in [0.717, 1.165) is 0 Å². The Hall–Kier alpha value is -2.95. The Labute approximate surface area is 235 Å². The molecule has 12 heteroatoms. The number of carbonyl (C=O) groups excluding carboxylic acids is 3. The molecule has 0 bridgehead atoms. The number of carbonyl (C=O) groups is 4. The molecule has 2 aromatic carbocycles. The van der Waals surface area contributed by atoms with Crippen LogP contribution in [0.2, 0.25) is 10.0 Å². The SMILES string of the molecule is CC1SC[C@@H](C(=O)N[C@@H](Cc2ccc(NC(=O)c3c(Cl)cccc3Cl)cc2)C(=O)O)N1C(=O)OC(C)(C)C. The highest BCUT2D eigenvalue weighted by Gasteiger charge is 2.42. The summed E-state index contributed by atoms with van der Waals surface area (Å²) >= 11 is 13.6. The molecule has 3 atom stereocenters. The van der Waals surface area contributed by atoms with Crippen LogP contribution >= 0.6 is 35.0 Å². The van der Waals surface area contributed by atoms with Crippen LogP contribution in [0.15, 0.2) is 42.5 Å². The number of ether oxygens (including phenoxy) is 1. The smallest absolute Gasteiger partial charge is 0.411 e. The Morgan fingerprint density at radius 1 is 1.11 bits per heavy atom. The molecule has 38 heavy (non-hydrogen) atoms. The van der Waals surface area contributed by atoms with E-state index in [2.05, 4.69) is 10.6 Å². The first-order valence-corrected chi connectivity index (χ1v) is 13.6. The van der Waals surface area contributed by atoms with Gasteiger partial charge in [-0.3, -0.25) is 14.5 Å². The predicted octanol–water partition coefficient (Wildman–Crippen LogP) is 5.06. The maximum atomic E-state index is 13.0. The van der Waals surface area contributed by atoms with Crippen LogP contribution in [-0.2, 0) is 20.7 Å². The predicted molar refractivity (Wildman–Crippen MR) is 148 cm³/mol. The molecule has 0 saturated carbocycles. The Bertz CT molecular complexity index is 1200. The Morgan fingerprint density at radius 3 is 2.26 bits per heavy atom. The Kier molecular flexibility index (Phi) is 9.56. The van der Waals surface area contributed by atoms with Crippen LogP contribution in [0.1, 0.15) is 43.6 Å². The second-order valence-electron chi connectivity index (χ2n) is 9.69. The van der Waals surface area contributed by atoms with Gasteiger partial charge in [0.25, 0.3) is 5.91 Å². The van der Waals surface area contributed by atoms with Gasteiger partial charge in [-0.15, -0.1) is 11.8 Å². The molecule has 1 aliphatic heterocycles. The summed E-state index contributed by atoms with van der Waals surface area (Å²) in [5.41, 5.74) is 0.480. The fourth-order valence-corrected chi connectivity index (χ4v) is 5.51. The fourth-order valence-electron chi connectivity index (χ4n) is 3.77. The van der Waals surface area contributed by atoms with Gasteiger partial charge < -0.3 is 20.5 Å². The van der Waals surface area contributed by atoms with E-state index < -0.39 is 41.6 Å². The van der Waals surface area contributed by atoms with Crippen molar-refractivity contribution in [2.24, 2.45) is 0 Å². The first kappa shape index (κ1) is 29.6. The van der Waals surface area contributed by atoms with E-state index in [0.29, 0.717) is 17.0 Å². The van der Waals surface area contributed by atoms with Gasteiger partial charge in [0.15, 0.2) is 0 Å². The molecule has 0 radical (unpaired) electrons. The van der Waals surface area contributed by atoms with Crippen LogP contribution in [0.3, 0.4) is 0 Å². The first-order chi connectivity index (χ1) is 17.8. The second kappa shape index (κ2) is 12.3. The van der Waals surface area contributed by atoms with Gasteiger partial charge in [-0.2, -0.15) is 0 Å². The minimum Gasteiger partial charge on any atom is -0.480 e. The zero-order valence-electron chi connectivity index (χ0n) is 21.3. The quantitative estimate of drug-likeness (QED) is 0.417. The van der Waals surface area contributed by atoms with Crippen LogP contribution in [0, 0.1) is 0 Å². The lowest BCUT2D eigenvalue weighted by Gasteiger charge is -2.30. The van der Waals surface area contributed by atoms with E-state index in [-0.39, 0.29) is 27.4 Å². The van der Waals surface area contributed by atoms with Gasteiger partial charge in [0.1, 0.15) is 17.7 Å². The molecule has 3 N–H and O–H groups in total. The van der Waals surface area contributed by atoms with Crippen molar-refractivity contribution in [3.8, 4) is 0 Å². The highest BCUT2D eigenvalue weighted by Crippen LogP contribution is 2.31. The number of carboxylic acid groups (broad SMARTS) is 1. The maximum absolute atomic E-state index is 13.0. The largest absolute Gasteiger partial charge is 0.480 e. The number of anilines is 1. The van der Waals surface area contributed by atoms with Crippen molar-refractivity contribution in [3.63, 3.8) is 0 Å². The summed E-state index contributed by atoms with van der Waals surface area (Å²) in [4.78, 5) is 51.6. The van der Waals surface area contributed by atoms with E-state index in [4.69, 9.17) is 27.9 Å². The third-order valence-corrected chi connectivity index (χ3v) is 7.43. The molecule has 9 nitrogen and oxygen atoms in total. The first-order valence-electron chi connectivity index (χ1n) is 11.8. The number of carboxylic acids is 1. The normalized spacial score (nSPS) is 18.0. The number of hydrogen-bond donors (Lipinski definition) is 3. The molecule has 204 valence electrons. The van der Waals surface area contributed by atoms with Crippen LogP contribution in [0.25, 0.3) is 0 Å². The summed E-state index contributed by atoms with van der Waals surface area (Å²) in [6, 6.07) is 9.17. The minimum atomic E-state index is -1.23. The molecule has 1 unspecified atom stereocenters. The molecule has 1 aliphatic rings. The minimum absolute atomic E-state index is 0.00645. The number of nitrogens with zero attached hydrogens (tertiary/aromatic N) is 1. The molecule has 2 aromatic rings. The number of aliphatic carboxylic acids is 1. The highest BCUT2D eigenvalue weighted by molar-refractivity contribution is 8.00. The van der Waals surface area contributed by atoms with Gasteiger partial charge in [0.05, 0.1) is 21.0 Å². The van der Waals surface area contributed by atoms with Crippen molar-refractivity contribution in [2.75, 3.05) is 11.1 Å². The van der Waals surface area contributed by atoms with E-state index in [1.165, 1.54) is 16.7 Å². The Balaban J connectivity index is 1.66. The van der Waals surface area contributed by atoms with Gasteiger partial charge in [-0.05, 0) is 57.5 Å². The number of rotatable bonds is 7. The fraction of sp³-hybridized carbons (Fsp3) is 0.385. The van der Waals surface area contributed by atoms with E-state index >= 15 is 0 Å². The zero-order valence-corrected chi connectivity index (χ0v) is 23.6. The standard InChI is InChI=1S/C26H29Cl2N3O6S/c1-14-31(25(36)37-26(2,3)4)20(13-38-14)22(32)30-19(24(34)35)12-15-8-10-16(11-9-15)29-23(33)21-17(27)6-5-7-18(21)28/h5-11,14,19-20H,12-13H2,1-4H3,(H,29,33)(H,30,32)(H,34,35)/t14?,19-,20-/m0/s1. The molecular weight excluding hydrogens is 553 g/mol. The van der Waals surface area contributed by atoms with Crippen molar-refractivity contribution in [1.82, 2.24) is 10.2 Å². The third-order valence-electron chi connectivity index (χ3n) is 5.59. The average Bonchev–Trinajstić information content (AvgIpc) is 3.20. The molecule has 1 fully saturated rings. The molecule has 1 saturated heterocycles. The molecular formula is C26H29Cl2N3O6S. The lowest BCUT2D eigenvalue weighted by Crippen LogP contribution is -2.54. The molecule has 3 rings (SSSR count). The van der Waals surface area contributed by atoms with Gasteiger partial charge in [0.2, 0.25) is 5.91 Å². The lowest BCUT2D eigenvalue weighted by molar-refractivity contribution is -0.142. The van der Waals surface area contributed by atoms with Gasteiger partial charge in [-0.25, -0.2) is 9.59 Å². The van der Waals surface area contributed by atoms with Crippen molar-refractivity contribution in [1.29, 1.82) is 0 Å².